The molecular formula is C30H25N3O3S. The minimum absolute atomic E-state index is 0.0154. The van der Waals surface area contributed by atoms with Gasteiger partial charge >= 0.3 is 0 Å². The van der Waals surface area contributed by atoms with E-state index < -0.39 is 0 Å². The van der Waals surface area contributed by atoms with Crippen LogP contribution in [0.25, 0.3) is 33.7 Å². The maximum Gasteiger partial charge on any atom is 0.257 e. The fraction of sp³-hybridized carbons (Fsp3) is 0.100. The predicted octanol–water partition coefficient (Wildman–Crippen LogP) is 7.08. The van der Waals surface area contributed by atoms with Gasteiger partial charge in [-0.3, -0.25) is 10.1 Å². The molecule has 0 saturated heterocycles. The Morgan fingerprint density at radius 3 is 2.35 bits per heavy atom. The fourth-order valence-corrected chi connectivity index (χ4v) is 4.10. The Hall–Kier alpha value is -4.49. The molecule has 0 unspecified atom stereocenters. The summed E-state index contributed by atoms with van der Waals surface area (Å²) in [5.74, 6) is 0.838. The minimum Gasteiger partial charge on any atom is -0.491 e. The van der Waals surface area contributed by atoms with E-state index in [4.69, 9.17) is 21.4 Å². The molecule has 0 saturated carbocycles. The lowest BCUT2D eigenvalue weighted by Gasteiger charge is -2.12. The van der Waals surface area contributed by atoms with Gasteiger partial charge in [-0.1, -0.05) is 48.5 Å². The highest BCUT2D eigenvalue weighted by molar-refractivity contribution is 7.80. The quantitative estimate of drug-likeness (QED) is 0.239. The molecule has 7 heteroatoms. The van der Waals surface area contributed by atoms with E-state index in [0.717, 1.165) is 16.7 Å². The molecule has 0 aliphatic heterocycles. The average Bonchev–Trinajstić information content (AvgIpc) is 3.32. The number of aromatic nitrogens is 1. The number of benzene rings is 4. The molecule has 1 aromatic heterocycles. The van der Waals surface area contributed by atoms with Gasteiger partial charge in [0.15, 0.2) is 10.7 Å². The zero-order valence-electron chi connectivity index (χ0n) is 20.4. The summed E-state index contributed by atoms with van der Waals surface area (Å²) in [5.41, 5.74) is 5.65. The van der Waals surface area contributed by atoms with Crippen LogP contribution in [0.3, 0.4) is 0 Å². The first-order chi connectivity index (χ1) is 17.9. The lowest BCUT2D eigenvalue weighted by atomic mass is 10.0. The summed E-state index contributed by atoms with van der Waals surface area (Å²) >= 11 is 5.35. The smallest absolute Gasteiger partial charge is 0.257 e. The van der Waals surface area contributed by atoms with Crippen LogP contribution in [0.15, 0.2) is 101 Å². The van der Waals surface area contributed by atoms with Crippen molar-refractivity contribution in [3.05, 3.63) is 103 Å². The molecule has 5 rings (SSSR count). The molecule has 0 fully saturated rings. The standard InChI is InChI=1S/C30H25N3O3S/c1-19(2)35-25-10-6-9-23(17-25)28(34)33-30(37)31-24-15-16-27-26(18-24)32-29(36-27)22-13-11-21(12-14-22)20-7-4-3-5-8-20/h3-19H,1-2H3,(H2,31,33,34,37). The van der Waals surface area contributed by atoms with Crippen molar-refractivity contribution >= 4 is 40.0 Å². The van der Waals surface area contributed by atoms with Crippen LogP contribution in [0.2, 0.25) is 0 Å². The summed E-state index contributed by atoms with van der Waals surface area (Å²) in [5, 5.41) is 5.93. The predicted molar refractivity (Wildman–Crippen MR) is 151 cm³/mol. The number of amides is 1. The van der Waals surface area contributed by atoms with Gasteiger partial charge in [-0.25, -0.2) is 4.98 Å². The zero-order valence-corrected chi connectivity index (χ0v) is 21.2. The summed E-state index contributed by atoms with van der Waals surface area (Å²) in [6, 6.07) is 30.8. The SMILES string of the molecule is CC(C)Oc1cccc(C(=O)NC(=S)Nc2ccc3oc(-c4ccc(-c5ccccc5)cc4)nc3c2)c1. The van der Waals surface area contributed by atoms with E-state index in [1.54, 1.807) is 18.2 Å². The first-order valence-electron chi connectivity index (χ1n) is 11.9. The van der Waals surface area contributed by atoms with E-state index >= 15 is 0 Å². The van der Waals surface area contributed by atoms with Gasteiger partial charge in [0.2, 0.25) is 5.89 Å². The third kappa shape index (κ3) is 5.85. The molecule has 5 aromatic rings. The number of thiocarbonyl (C=S) groups is 1. The number of carbonyl (C=O) groups excluding carboxylic acids is 1. The second kappa shape index (κ2) is 10.6. The molecule has 37 heavy (non-hydrogen) atoms. The number of ether oxygens (including phenoxy) is 1. The fourth-order valence-electron chi connectivity index (χ4n) is 3.88. The third-order valence-corrected chi connectivity index (χ3v) is 5.78. The van der Waals surface area contributed by atoms with Crippen molar-refractivity contribution in [2.24, 2.45) is 0 Å². The molecule has 0 aliphatic carbocycles. The molecule has 4 aromatic carbocycles. The lowest BCUT2D eigenvalue weighted by Crippen LogP contribution is -2.34. The number of fused-ring (bicyclic) bond motifs is 1. The number of anilines is 1. The van der Waals surface area contributed by atoms with E-state index in [9.17, 15) is 4.79 Å². The van der Waals surface area contributed by atoms with Crippen molar-refractivity contribution < 1.29 is 13.9 Å². The molecule has 0 aliphatic rings. The van der Waals surface area contributed by atoms with Crippen LogP contribution in [-0.2, 0) is 0 Å². The molecule has 1 heterocycles. The molecule has 2 N–H and O–H groups in total. The lowest BCUT2D eigenvalue weighted by molar-refractivity contribution is 0.0977. The summed E-state index contributed by atoms with van der Waals surface area (Å²) in [6.07, 6.45) is 0.0154. The molecule has 1 amide bonds. The van der Waals surface area contributed by atoms with Gasteiger partial charge in [0.1, 0.15) is 11.3 Å². The Bertz CT molecular complexity index is 1560. The first kappa shape index (κ1) is 24.2. The van der Waals surface area contributed by atoms with Gasteiger partial charge in [0.05, 0.1) is 6.10 Å². The number of nitrogens with one attached hydrogen (secondary N) is 2. The first-order valence-corrected chi connectivity index (χ1v) is 12.3. The van der Waals surface area contributed by atoms with E-state index in [2.05, 4.69) is 39.9 Å². The van der Waals surface area contributed by atoms with Crippen LogP contribution >= 0.6 is 12.2 Å². The van der Waals surface area contributed by atoms with Crippen LogP contribution < -0.4 is 15.4 Å². The maximum absolute atomic E-state index is 12.6. The van der Waals surface area contributed by atoms with Gasteiger partial charge in [0, 0.05) is 16.8 Å². The average molecular weight is 508 g/mol. The number of nitrogens with zero attached hydrogens (tertiary/aromatic N) is 1. The highest BCUT2D eigenvalue weighted by atomic mass is 32.1. The van der Waals surface area contributed by atoms with E-state index in [1.807, 2.05) is 68.4 Å². The summed E-state index contributed by atoms with van der Waals surface area (Å²) in [6.45, 7) is 3.87. The molecular weight excluding hydrogens is 482 g/mol. The molecule has 0 spiro atoms. The second-order valence-corrected chi connectivity index (χ2v) is 9.16. The van der Waals surface area contributed by atoms with Crippen LogP contribution in [0.4, 0.5) is 5.69 Å². The molecule has 0 radical (unpaired) electrons. The number of carbonyl (C=O) groups is 1. The third-order valence-electron chi connectivity index (χ3n) is 5.58. The van der Waals surface area contributed by atoms with Crippen molar-refractivity contribution in [1.82, 2.24) is 10.3 Å². The van der Waals surface area contributed by atoms with Crippen molar-refractivity contribution in [1.29, 1.82) is 0 Å². The number of hydrogen-bond donors (Lipinski definition) is 2. The van der Waals surface area contributed by atoms with E-state index in [-0.39, 0.29) is 17.1 Å². The minimum atomic E-state index is -0.324. The molecule has 0 bridgehead atoms. The van der Waals surface area contributed by atoms with E-state index in [0.29, 0.717) is 34.0 Å². The van der Waals surface area contributed by atoms with Gasteiger partial charge in [0.25, 0.3) is 5.91 Å². The van der Waals surface area contributed by atoms with Crippen LogP contribution in [-0.4, -0.2) is 22.1 Å². The highest BCUT2D eigenvalue weighted by Gasteiger charge is 2.12. The summed E-state index contributed by atoms with van der Waals surface area (Å²) in [4.78, 5) is 17.3. The molecule has 184 valence electrons. The van der Waals surface area contributed by atoms with Crippen molar-refractivity contribution in [2.45, 2.75) is 20.0 Å². The highest BCUT2D eigenvalue weighted by Crippen LogP contribution is 2.28. The normalized spacial score (nSPS) is 10.9. The zero-order chi connectivity index (χ0) is 25.8. The summed E-state index contributed by atoms with van der Waals surface area (Å²) < 4.78 is 11.6. The van der Waals surface area contributed by atoms with Gasteiger partial charge in [-0.15, -0.1) is 0 Å². The number of hydrogen-bond acceptors (Lipinski definition) is 5. The van der Waals surface area contributed by atoms with Gasteiger partial charge < -0.3 is 14.5 Å². The van der Waals surface area contributed by atoms with Crippen molar-refractivity contribution in [3.63, 3.8) is 0 Å². The van der Waals surface area contributed by atoms with Crippen LogP contribution in [0, 0.1) is 0 Å². The van der Waals surface area contributed by atoms with Crippen molar-refractivity contribution in [2.75, 3.05) is 5.32 Å². The van der Waals surface area contributed by atoms with Gasteiger partial charge in [-0.05, 0) is 85.7 Å². The number of rotatable bonds is 6. The number of oxazole rings is 1. The van der Waals surface area contributed by atoms with Crippen LogP contribution in [0.1, 0.15) is 24.2 Å². The Morgan fingerprint density at radius 2 is 1.59 bits per heavy atom. The Kier molecular flexibility index (Phi) is 6.96. The summed E-state index contributed by atoms with van der Waals surface area (Å²) in [7, 11) is 0. The van der Waals surface area contributed by atoms with E-state index in [1.165, 1.54) is 0 Å². The molecule has 0 atom stereocenters. The van der Waals surface area contributed by atoms with Gasteiger partial charge in [-0.2, -0.15) is 0 Å². The van der Waals surface area contributed by atoms with Crippen molar-refractivity contribution in [3.8, 4) is 28.3 Å². The Balaban J connectivity index is 1.26. The topological polar surface area (TPSA) is 76.4 Å². The molecule has 6 nitrogen and oxygen atoms in total. The Morgan fingerprint density at radius 1 is 0.865 bits per heavy atom. The maximum atomic E-state index is 12.6. The monoisotopic (exact) mass is 507 g/mol. The van der Waals surface area contributed by atoms with Crippen LogP contribution in [0.5, 0.6) is 5.75 Å². The Labute approximate surface area is 220 Å². The largest absolute Gasteiger partial charge is 0.491 e. The second-order valence-electron chi connectivity index (χ2n) is 8.75.